The Balaban J connectivity index is 2.25. The number of Topliss-reactive ketones (excluding diaryl/α,β-unsaturated/α-hetero) is 1. The molecule has 2 heteroatoms. The number of allylic oxidation sites excluding steroid dienone is 1. The minimum atomic E-state index is -0.299. The molecule has 102 valence electrons. The quantitative estimate of drug-likeness (QED) is 0.884. The van der Waals surface area contributed by atoms with Crippen molar-refractivity contribution in [3.05, 3.63) is 34.9 Å². The Labute approximate surface area is 115 Å². The van der Waals surface area contributed by atoms with Crippen molar-refractivity contribution in [1.29, 1.82) is 0 Å². The highest BCUT2D eigenvalue weighted by atomic mass is 16.1. The maximum atomic E-state index is 12.3. The second kappa shape index (κ2) is 4.84. The zero-order chi connectivity index (χ0) is 14.2. The van der Waals surface area contributed by atoms with E-state index in [0.717, 1.165) is 17.7 Å². The van der Waals surface area contributed by atoms with Crippen molar-refractivity contribution < 1.29 is 4.79 Å². The Hall–Kier alpha value is -1.57. The zero-order valence-electron chi connectivity index (χ0n) is 12.5. The van der Waals surface area contributed by atoms with E-state index >= 15 is 0 Å². The van der Waals surface area contributed by atoms with Gasteiger partial charge < -0.3 is 5.32 Å². The lowest BCUT2D eigenvalue weighted by molar-refractivity contribution is -0.122. The van der Waals surface area contributed by atoms with Crippen molar-refractivity contribution in [2.24, 2.45) is 5.41 Å². The molecular formula is C17H23NO. The second-order valence-electron chi connectivity index (χ2n) is 6.64. The highest BCUT2D eigenvalue weighted by Crippen LogP contribution is 2.32. The molecule has 1 aliphatic carbocycles. The van der Waals surface area contributed by atoms with Crippen LogP contribution in [-0.4, -0.2) is 11.8 Å². The van der Waals surface area contributed by atoms with Crippen LogP contribution in [0.5, 0.6) is 0 Å². The minimum Gasteiger partial charge on any atom is -0.383 e. The Morgan fingerprint density at radius 3 is 2.53 bits per heavy atom. The standard InChI is InChI=1S/C17H23NO/c1-11(2)18-15-7-6-12-8-14(9-13(12)10-15)16(19)17(3,4)5/h6-7,9-11,18H,8H2,1-5H3. The molecular weight excluding hydrogens is 234 g/mol. The monoisotopic (exact) mass is 257 g/mol. The molecule has 0 atom stereocenters. The molecule has 0 radical (unpaired) electrons. The Bertz CT molecular complexity index is 533. The highest BCUT2D eigenvalue weighted by Gasteiger charge is 2.27. The van der Waals surface area contributed by atoms with Gasteiger partial charge in [0.25, 0.3) is 0 Å². The minimum absolute atomic E-state index is 0.252. The van der Waals surface area contributed by atoms with E-state index in [0.29, 0.717) is 6.04 Å². The average molecular weight is 257 g/mol. The Morgan fingerprint density at radius 2 is 1.95 bits per heavy atom. The molecule has 1 aromatic rings. The fourth-order valence-electron chi connectivity index (χ4n) is 2.38. The lowest BCUT2D eigenvalue weighted by Gasteiger charge is -2.17. The molecule has 0 saturated carbocycles. The second-order valence-corrected chi connectivity index (χ2v) is 6.64. The van der Waals surface area contributed by atoms with Gasteiger partial charge in [-0.05, 0) is 43.2 Å². The van der Waals surface area contributed by atoms with Gasteiger partial charge in [-0.3, -0.25) is 4.79 Å². The van der Waals surface area contributed by atoms with E-state index in [1.807, 2.05) is 20.8 Å². The molecule has 1 N–H and O–H groups in total. The lowest BCUT2D eigenvalue weighted by Crippen LogP contribution is -2.21. The summed E-state index contributed by atoms with van der Waals surface area (Å²) in [5.74, 6) is 0.252. The molecule has 0 bridgehead atoms. The fraction of sp³-hybridized carbons (Fsp3) is 0.471. The molecule has 0 amide bonds. The number of hydrogen-bond donors (Lipinski definition) is 1. The number of rotatable bonds is 3. The number of benzene rings is 1. The number of carbonyl (C=O) groups is 1. The molecule has 2 rings (SSSR count). The van der Waals surface area contributed by atoms with Crippen molar-refractivity contribution in [1.82, 2.24) is 0 Å². The van der Waals surface area contributed by atoms with Crippen molar-refractivity contribution in [2.45, 2.75) is 47.1 Å². The van der Waals surface area contributed by atoms with E-state index in [2.05, 4.69) is 43.4 Å². The van der Waals surface area contributed by atoms with Gasteiger partial charge >= 0.3 is 0 Å². The fourth-order valence-corrected chi connectivity index (χ4v) is 2.38. The third-order valence-corrected chi connectivity index (χ3v) is 3.28. The third-order valence-electron chi connectivity index (χ3n) is 3.28. The summed E-state index contributed by atoms with van der Waals surface area (Å²) in [5.41, 5.74) is 4.19. The number of nitrogens with one attached hydrogen (secondary N) is 1. The first-order valence-corrected chi connectivity index (χ1v) is 6.92. The summed E-state index contributed by atoms with van der Waals surface area (Å²) >= 11 is 0. The summed E-state index contributed by atoms with van der Waals surface area (Å²) in [7, 11) is 0. The summed E-state index contributed by atoms with van der Waals surface area (Å²) in [4.78, 5) is 12.3. The summed E-state index contributed by atoms with van der Waals surface area (Å²) < 4.78 is 0. The molecule has 0 heterocycles. The lowest BCUT2D eigenvalue weighted by atomic mass is 9.86. The van der Waals surface area contributed by atoms with E-state index in [1.54, 1.807) is 0 Å². The topological polar surface area (TPSA) is 29.1 Å². The first-order valence-electron chi connectivity index (χ1n) is 6.92. The number of carbonyl (C=O) groups excluding carboxylic acids is 1. The van der Waals surface area contributed by atoms with Crippen molar-refractivity contribution in [3.63, 3.8) is 0 Å². The van der Waals surface area contributed by atoms with Crippen LogP contribution in [0.15, 0.2) is 23.8 Å². The van der Waals surface area contributed by atoms with Gasteiger partial charge in [0.2, 0.25) is 0 Å². The van der Waals surface area contributed by atoms with Crippen LogP contribution in [0.2, 0.25) is 0 Å². The average Bonchev–Trinajstić information content (AvgIpc) is 2.68. The van der Waals surface area contributed by atoms with Crippen LogP contribution in [0.25, 0.3) is 6.08 Å². The van der Waals surface area contributed by atoms with Crippen LogP contribution in [0.4, 0.5) is 5.69 Å². The molecule has 0 aromatic heterocycles. The van der Waals surface area contributed by atoms with Gasteiger partial charge in [0.15, 0.2) is 5.78 Å². The molecule has 0 saturated heterocycles. The highest BCUT2D eigenvalue weighted by molar-refractivity contribution is 6.04. The summed E-state index contributed by atoms with van der Waals surface area (Å²) in [6.07, 6.45) is 2.82. The van der Waals surface area contributed by atoms with Crippen LogP contribution < -0.4 is 5.32 Å². The van der Waals surface area contributed by atoms with Gasteiger partial charge in [0.1, 0.15) is 0 Å². The number of fused-ring (bicyclic) bond motifs is 1. The smallest absolute Gasteiger partial charge is 0.164 e. The van der Waals surface area contributed by atoms with Crippen LogP contribution in [0, 0.1) is 5.41 Å². The Kier molecular flexibility index (Phi) is 3.53. The SMILES string of the molecule is CC(C)Nc1ccc2c(c1)C=C(C(=O)C(C)(C)C)C2. The predicted octanol–water partition coefficient (Wildman–Crippen LogP) is 4.06. The van der Waals surface area contributed by atoms with Crippen molar-refractivity contribution in [3.8, 4) is 0 Å². The van der Waals surface area contributed by atoms with Crippen molar-refractivity contribution in [2.75, 3.05) is 5.32 Å². The van der Waals surface area contributed by atoms with Gasteiger partial charge in [-0.1, -0.05) is 26.8 Å². The molecule has 1 aliphatic rings. The number of anilines is 1. The van der Waals surface area contributed by atoms with Crippen LogP contribution in [0.1, 0.15) is 45.7 Å². The third kappa shape index (κ3) is 3.06. The van der Waals surface area contributed by atoms with Crippen LogP contribution in [-0.2, 0) is 11.2 Å². The number of hydrogen-bond acceptors (Lipinski definition) is 2. The largest absolute Gasteiger partial charge is 0.383 e. The maximum Gasteiger partial charge on any atom is 0.164 e. The summed E-state index contributed by atoms with van der Waals surface area (Å²) in [6.45, 7) is 10.2. The van der Waals surface area contributed by atoms with Crippen LogP contribution in [0.3, 0.4) is 0 Å². The van der Waals surface area contributed by atoms with E-state index in [9.17, 15) is 4.79 Å². The Morgan fingerprint density at radius 1 is 1.26 bits per heavy atom. The maximum absolute atomic E-state index is 12.3. The first-order chi connectivity index (χ1) is 8.77. The molecule has 2 nitrogen and oxygen atoms in total. The molecule has 1 aromatic carbocycles. The van der Waals surface area contributed by atoms with Gasteiger partial charge in [-0.25, -0.2) is 0 Å². The van der Waals surface area contributed by atoms with E-state index in [1.165, 1.54) is 11.1 Å². The molecule has 0 spiro atoms. The van der Waals surface area contributed by atoms with E-state index in [4.69, 9.17) is 0 Å². The van der Waals surface area contributed by atoms with Gasteiger partial charge in [0, 0.05) is 29.1 Å². The zero-order valence-corrected chi connectivity index (χ0v) is 12.5. The van der Waals surface area contributed by atoms with Gasteiger partial charge in [0.05, 0.1) is 0 Å². The summed E-state index contributed by atoms with van der Waals surface area (Å²) in [6, 6.07) is 6.77. The van der Waals surface area contributed by atoms with E-state index in [-0.39, 0.29) is 11.2 Å². The van der Waals surface area contributed by atoms with Gasteiger partial charge in [-0.2, -0.15) is 0 Å². The molecule has 0 unspecified atom stereocenters. The van der Waals surface area contributed by atoms with Crippen LogP contribution >= 0.6 is 0 Å². The normalized spacial score (nSPS) is 14.3. The van der Waals surface area contributed by atoms with E-state index < -0.39 is 0 Å². The number of ketones is 1. The van der Waals surface area contributed by atoms with Gasteiger partial charge in [-0.15, -0.1) is 0 Å². The first kappa shape index (κ1) is 13.9. The summed E-state index contributed by atoms with van der Waals surface area (Å²) in [5, 5.41) is 3.39. The molecule has 19 heavy (non-hydrogen) atoms. The van der Waals surface area contributed by atoms with Crippen molar-refractivity contribution >= 4 is 17.5 Å². The molecule has 0 fully saturated rings. The molecule has 0 aliphatic heterocycles. The predicted molar refractivity (Wildman–Crippen MR) is 81.3 cm³/mol.